The van der Waals surface area contributed by atoms with Crippen molar-refractivity contribution in [2.75, 3.05) is 53.4 Å². The van der Waals surface area contributed by atoms with Gasteiger partial charge in [0.15, 0.2) is 5.78 Å². The van der Waals surface area contributed by atoms with Crippen molar-refractivity contribution >= 4 is 175 Å². The number of carboxylic acids is 2. The molecule has 33 heteroatoms. The third kappa shape index (κ3) is 41.7. The van der Waals surface area contributed by atoms with Gasteiger partial charge < -0.3 is 60.7 Å². The van der Waals surface area contributed by atoms with Crippen LogP contribution in [0.4, 0.5) is 4.39 Å². The fraction of sp³-hybridized carbons (Fsp3) is 0.470. The molecule has 3 radical (unpaired) electrons. The second-order valence-corrected chi connectivity index (χ2v) is 44.9. The van der Waals surface area contributed by atoms with E-state index < -0.39 is 58.1 Å². The number of rotatable bonds is 26. The van der Waals surface area contributed by atoms with E-state index in [0.717, 1.165) is 156 Å². The van der Waals surface area contributed by atoms with Crippen LogP contribution in [-0.2, 0) is 84.8 Å². The first-order chi connectivity index (χ1) is 69.8. The van der Waals surface area contributed by atoms with Gasteiger partial charge in [0.1, 0.15) is 0 Å². The summed E-state index contributed by atoms with van der Waals surface area (Å²) in [5.74, 6) is -1.34. The van der Waals surface area contributed by atoms with Gasteiger partial charge in [0, 0.05) is 176 Å². The number of Topliss-reactive ketones (excluding diaryl/α,β-unsaturated/α-hetero) is 1. The van der Waals surface area contributed by atoms with Crippen molar-refractivity contribution in [1.82, 2.24) is 39.5 Å². The molecule has 11 heterocycles. The number of hydrogen-bond acceptors (Lipinski definition) is 19. The molecule has 0 bridgehead atoms. The summed E-state index contributed by atoms with van der Waals surface area (Å²) in [6.07, 6.45) is 17.2. The Hall–Kier alpha value is -8.94. The van der Waals surface area contributed by atoms with Crippen LogP contribution in [0, 0.1) is 27.1 Å². The third-order valence-corrected chi connectivity index (χ3v) is 27.0. The van der Waals surface area contributed by atoms with Gasteiger partial charge in [0.05, 0.1) is 94.4 Å². The Kier molecular flexibility index (Phi) is 60.4. The molecule has 150 heavy (non-hydrogen) atoms. The number of carbonyl (C=O) groups is 7. The number of esters is 4. The molecule has 0 saturated carbocycles. The van der Waals surface area contributed by atoms with Crippen LogP contribution < -0.4 is 24.6 Å². The molecule has 4 aromatic carbocycles. The number of aryl methyl sites for hydroxylation is 1. The molecule has 3 fully saturated rings. The molecule has 0 spiro atoms. The molecule has 7 N–H and O–H groups in total. The molecule has 0 unspecified atom stereocenters. The molecule has 0 aliphatic carbocycles. The van der Waals surface area contributed by atoms with Crippen LogP contribution in [0.5, 0.6) is 0 Å². The maximum atomic E-state index is 12.7. The number of pyridine rings is 5. The molecular weight excluding hydrogens is 2240 g/mol. The number of nitrogens with zero attached hydrogens (tertiary/aromatic N) is 6. The van der Waals surface area contributed by atoms with Gasteiger partial charge in [-0.2, -0.15) is 0 Å². The molecule has 8 aromatic heterocycles. The summed E-state index contributed by atoms with van der Waals surface area (Å²) in [6, 6.07) is 46.3. The number of aromatic nitrogens is 8. The second-order valence-electron chi connectivity index (χ2n) is 40.4. The number of carboxylic acid groups (broad SMARTS) is 2. The molecule has 813 valence electrons. The van der Waals surface area contributed by atoms with Crippen LogP contribution in [0.15, 0.2) is 193 Å². The molecule has 0 amide bonds. The van der Waals surface area contributed by atoms with E-state index in [0.29, 0.717) is 81.6 Å². The van der Waals surface area contributed by atoms with Crippen LogP contribution in [-0.4, -0.2) is 158 Å². The maximum Gasteiger partial charge on any atom is 1.00 e. The molecular formula is C117H157BBr5ClFLiN9O15. The summed E-state index contributed by atoms with van der Waals surface area (Å²) in [5.41, 5.74) is 21.6. The molecule has 24 nitrogen and oxygen atoms in total. The Morgan fingerprint density at radius 3 is 1.24 bits per heavy atom. The van der Waals surface area contributed by atoms with Crippen LogP contribution >= 0.6 is 92.1 Å². The van der Waals surface area contributed by atoms with Gasteiger partial charge in [-0.05, 0) is 350 Å². The number of aromatic amines is 2. The zero-order valence-corrected chi connectivity index (χ0v) is 101. The number of hydrogen-bond donors (Lipinski definition) is 6. The van der Waals surface area contributed by atoms with E-state index in [1.807, 2.05) is 153 Å². The van der Waals surface area contributed by atoms with Crippen LogP contribution in [0.2, 0.25) is 0 Å². The van der Waals surface area contributed by atoms with Crippen molar-refractivity contribution in [3.05, 3.63) is 249 Å². The zero-order valence-electron chi connectivity index (χ0n) is 94.2. The molecule has 0 atom stereocenters. The normalized spacial score (nSPS) is 12.9. The van der Waals surface area contributed by atoms with Crippen molar-refractivity contribution < 1.29 is 98.6 Å². The first-order valence-corrected chi connectivity index (χ1v) is 54.2. The number of halogens is 7. The summed E-state index contributed by atoms with van der Waals surface area (Å²) in [4.78, 5) is 111. The first kappa shape index (κ1) is 135. The summed E-state index contributed by atoms with van der Waals surface area (Å²) >= 11 is 17.5. The number of nitrogens with one attached hydrogen (secondary N) is 2. The number of cyclic esters (lactones) is 2. The van der Waals surface area contributed by atoms with Crippen molar-refractivity contribution in [2.24, 2.45) is 32.8 Å². The zero-order chi connectivity index (χ0) is 111. The van der Waals surface area contributed by atoms with E-state index >= 15 is 0 Å². The Balaban J connectivity index is 0.000000888. The fourth-order valence-corrected chi connectivity index (χ4v) is 18.0. The van der Waals surface area contributed by atoms with Gasteiger partial charge in [-0.15, -0.1) is 12.4 Å². The van der Waals surface area contributed by atoms with Crippen LogP contribution in [0.3, 0.4) is 0 Å². The predicted molar refractivity (Wildman–Crippen MR) is 622 cm³/mol. The van der Waals surface area contributed by atoms with Crippen molar-refractivity contribution in [1.29, 1.82) is 0 Å². The van der Waals surface area contributed by atoms with E-state index in [2.05, 4.69) is 230 Å². The maximum absolute atomic E-state index is 12.7. The average Bonchev–Trinajstić information content (AvgIpc) is 1.59. The third-order valence-electron chi connectivity index (χ3n) is 24.3. The van der Waals surface area contributed by atoms with E-state index in [1.165, 1.54) is 42.3 Å². The van der Waals surface area contributed by atoms with Gasteiger partial charge in [-0.25, -0.2) is 0 Å². The number of nitrogens with two attached hydrogens (primary N) is 1. The molecule has 3 aliphatic heterocycles. The second kappa shape index (κ2) is 67.0. The van der Waals surface area contributed by atoms with E-state index in [9.17, 15) is 43.1 Å². The van der Waals surface area contributed by atoms with Gasteiger partial charge in [0.2, 0.25) is 0 Å². The minimum Gasteiger partial charge on any atom is -1.00 e. The largest absolute Gasteiger partial charge is 1.00 e. The number of aliphatic hydroxyl groups is 1. The topological polar surface area (TPSA) is 353 Å². The van der Waals surface area contributed by atoms with Gasteiger partial charge in [-0.1, -0.05) is 145 Å². The smallest absolute Gasteiger partial charge is 1.00 e. The van der Waals surface area contributed by atoms with Gasteiger partial charge in [0.25, 0.3) is 0 Å². The molecule has 3 aliphatic rings. The number of ketones is 1. The predicted octanol–water partition coefficient (Wildman–Crippen LogP) is 27.1. The monoisotopic (exact) mass is 2400 g/mol. The number of carbonyl (C=O) groups excluding carboxylic acids is 5. The molecule has 15 rings (SSSR count). The number of benzene rings is 4. The average molecular weight is 2400 g/mol. The van der Waals surface area contributed by atoms with Crippen molar-refractivity contribution in [2.45, 2.75) is 279 Å². The minimum atomic E-state index is -1.00. The Morgan fingerprint density at radius 2 is 0.880 bits per heavy atom. The first-order valence-electron chi connectivity index (χ1n) is 51.0. The standard InChI is InChI=1S/C25H31BrN2O2.C23H27BrN2O2.C21H23BrN2O2.C15H21NO3.C8H10BrN.C7H8BrN.C7H10O3.2C4H8O.C2H6O.CH3F.B.ClH.Li.H/c1-7-28-21-12-11-17(26)14-19(21)20(15-25(5,6)24(29)30-8-2)23(28)18-10-9-13-27-22(18)16(3)4;1-6-28-22(27)23(4,5)13-18-17-12-15(24)9-10-19(17)26-21(18)16-8-7-11-25-20(16)14(2)3;1-12(2)18-14(6-5-9-23-18)19-16(11-21(3,4)20(25)26)15-10-13(22)7-8-17(15)24-19;1-10(2)13-11(6-5-9-16-13)12(17)7-8-15(3,4)14(18)19;1-6(2)8-7(9)4-3-5-10-8;8-7-3-1-6(5-9)2-4-7;1-7(2)4-3-5(8)10-6(7)9;2*1-2-4-5-3-1;1-2-3;1-2;;;;/h9-14,16H,7-8,15H2,1-6H3;7-12,14,26H,6,13H2,1-5H3;5-10,12,24H,11H2,1-4H3,(H,25,26);5-6,9-10H,7-8H2,1-4H3,(H,18,19);3-6H,1-2H3;1-4H,5,9H2;3-4H2,1-2H3;2*1-4H2;3H,2H2,1H3;1H3;;1H;;/q;;;;;;;;;;;;;+1;-1/i;;;;;;;;;;1D;;;;. The summed E-state index contributed by atoms with van der Waals surface area (Å²) in [6.45, 7) is 53.3. The van der Waals surface area contributed by atoms with E-state index in [4.69, 9.17) is 41.2 Å². The Labute approximate surface area is 953 Å². The molecule has 12 aromatic rings. The fourth-order valence-electron chi connectivity index (χ4n) is 16.0. The molecule has 3 saturated heterocycles. The van der Waals surface area contributed by atoms with E-state index in [-0.39, 0.29) is 83.7 Å². The number of H-pyrrole nitrogens is 2. The minimum absolute atomic E-state index is 0. The van der Waals surface area contributed by atoms with Gasteiger partial charge >= 0.3 is 54.7 Å². The summed E-state index contributed by atoms with van der Waals surface area (Å²) in [7, 11) is -1.00. The number of fused-ring (bicyclic) bond motifs is 3. The SMILES string of the molecule is C1CCOC1.C1CCOC1.CC(C)c1ncccc1-c1[nH]c2ccc(Br)cc2c1CC(C)(C)C(=O)O.CC(C)c1ncccc1Br.CC(C)c1ncccc1C(=O)CCC(C)(C)C(=O)O.CC1(C)CCC(=O)OC1=O.CCO.CCOC(=O)C(C)(C)Cc1c(-c2cccnc2C(C)C)[nH]c2ccc(Br)cc12.CCOC(=O)C(C)(C)Cc1c(-c2cccnc2C(C)C)n(CC)c2ccc(Br)cc12.Cl.NCc1ccc(Br)cc1.[2H]CF.[B].[H-].[Li+]. The van der Waals surface area contributed by atoms with E-state index in [1.54, 1.807) is 73.0 Å². The van der Waals surface area contributed by atoms with Gasteiger partial charge in [-0.3, -0.25) is 62.9 Å². The number of aliphatic carboxylic acids is 2. The number of alkyl halides is 1. The summed E-state index contributed by atoms with van der Waals surface area (Å²) in [5, 5.41) is 29.6. The Morgan fingerprint density at radius 1 is 0.520 bits per heavy atom. The van der Waals surface area contributed by atoms with Crippen molar-refractivity contribution in [3.63, 3.8) is 0 Å². The quantitative estimate of drug-likeness (QED) is 0.00964. The van der Waals surface area contributed by atoms with Crippen LogP contribution in [0.1, 0.15) is 311 Å². The number of ether oxygens (including phenoxy) is 5. The number of aliphatic hydroxyl groups excluding tert-OH is 1. The van der Waals surface area contributed by atoms with Crippen LogP contribution in [0.25, 0.3) is 66.5 Å². The summed E-state index contributed by atoms with van der Waals surface area (Å²) < 4.78 is 48.1. The Bertz CT molecular complexity index is 6250. The van der Waals surface area contributed by atoms with Crippen molar-refractivity contribution in [3.8, 4) is 33.8 Å².